The molecule has 0 unspecified atom stereocenters. The van der Waals surface area contributed by atoms with E-state index in [2.05, 4.69) is 10.6 Å². The van der Waals surface area contributed by atoms with Gasteiger partial charge in [-0.25, -0.2) is 0 Å². The first-order valence-corrected chi connectivity index (χ1v) is 8.97. The van der Waals surface area contributed by atoms with Crippen LogP contribution in [0.25, 0.3) is 0 Å². The number of amides is 2. The molecule has 0 saturated carbocycles. The first kappa shape index (κ1) is 19.8. The fourth-order valence-corrected chi connectivity index (χ4v) is 2.62. The third-order valence-electron chi connectivity index (χ3n) is 3.89. The first-order valence-electron chi connectivity index (χ1n) is 8.59. The van der Waals surface area contributed by atoms with Crippen LogP contribution >= 0.6 is 11.6 Å². The second-order valence-electron chi connectivity index (χ2n) is 5.73. The van der Waals surface area contributed by atoms with E-state index >= 15 is 0 Å². The lowest BCUT2D eigenvalue weighted by atomic mass is 10.0. The molecule has 2 N–H and O–H groups in total. The zero-order valence-corrected chi connectivity index (χ0v) is 15.7. The third kappa shape index (κ3) is 5.77. The lowest BCUT2D eigenvalue weighted by Gasteiger charge is -2.14. The van der Waals surface area contributed by atoms with Gasteiger partial charge in [0.1, 0.15) is 5.75 Å². The minimum absolute atomic E-state index is 0.107. The molecule has 26 heavy (non-hydrogen) atoms. The average Bonchev–Trinajstić information content (AvgIpc) is 2.66. The fourth-order valence-electron chi connectivity index (χ4n) is 2.50. The van der Waals surface area contributed by atoms with Crippen LogP contribution in [-0.2, 0) is 22.4 Å². The summed E-state index contributed by atoms with van der Waals surface area (Å²) in [4.78, 5) is 24.0. The normalized spacial score (nSPS) is 10.3. The van der Waals surface area contributed by atoms with Crippen LogP contribution in [0.1, 0.15) is 25.0 Å². The Balaban J connectivity index is 1.83. The van der Waals surface area contributed by atoms with Crippen molar-refractivity contribution in [3.8, 4) is 5.75 Å². The van der Waals surface area contributed by atoms with Crippen molar-refractivity contribution in [2.45, 2.75) is 26.7 Å². The number of carbonyl (C=O) groups is 2. The van der Waals surface area contributed by atoms with Crippen LogP contribution < -0.4 is 15.4 Å². The minimum Gasteiger partial charge on any atom is -0.484 e. The molecule has 0 fully saturated rings. The van der Waals surface area contributed by atoms with Crippen LogP contribution in [0.2, 0.25) is 5.02 Å². The molecule has 0 aliphatic rings. The van der Waals surface area contributed by atoms with Gasteiger partial charge in [0, 0.05) is 10.7 Å². The predicted octanol–water partition coefficient (Wildman–Crippen LogP) is 3.60. The summed E-state index contributed by atoms with van der Waals surface area (Å²) < 4.78 is 5.34. The van der Waals surface area contributed by atoms with Crippen LogP contribution in [0.4, 0.5) is 5.69 Å². The van der Waals surface area contributed by atoms with Crippen molar-refractivity contribution in [3.63, 3.8) is 0 Å². The van der Waals surface area contributed by atoms with E-state index < -0.39 is 0 Å². The van der Waals surface area contributed by atoms with Crippen LogP contribution in [0.5, 0.6) is 5.75 Å². The molecule has 6 heteroatoms. The molecular formula is C20H23ClN2O3. The van der Waals surface area contributed by atoms with Gasteiger partial charge in [-0.05, 0) is 48.2 Å². The molecule has 0 heterocycles. The number of aryl methyl sites for hydroxylation is 2. The zero-order valence-electron chi connectivity index (χ0n) is 15.0. The molecule has 0 aliphatic heterocycles. The Labute approximate surface area is 158 Å². The molecule has 0 aliphatic carbocycles. The number of anilines is 1. The number of nitrogens with one attached hydrogen (secondary N) is 2. The second kappa shape index (κ2) is 9.82. The van der Waals surface area contributed by atoms with Gasteiger partial charge in [-0.1, -0.05) is 43.6 Å². The first-order chi connectivity index (χ1) is 12.5. The molecule has 2 rings (SSSR count). The van der Waals surface area contributed by atoms with Gasteiger partial charge in [-0.2, -0.15) is 0 Å². The van der Waals surface area contributed by atoms with Crippen molar-refractivity contribution in [2.75, 3.05) is 18.5 Å². The summed E-state index contributed by atoms with van der Waals surface area (Å²) in [5.74, 6) is -0.0894. The van der Waals surface area contributed by atoms with Crippen molar-refractivity contribution in [1.29, 1.82) is 0 Å². The summed E-state index contributed by atoms with van der Waals surface area (Å²) in [7, 11) is 0. The highest BCUT2D eigenvalue weighted by molar-refractivity contribution is 6.30. The molecule has 0 bridgehead atoms. The van der Waals surface area contributed by atoms with Gasteiger partial charge < -0.3 is 15.4 Å². The van der Waals surface area contributed by atoms with Crippen LogP contribution in [0.15, 0.2) is 42.5 Å². The average molecular weight is 375 g/mol. The molecular weight excluding hydrogens is 352 g/mol. The van der Waals surface area contributed by atoms with E-state index in [0.717, 1.165) is 29.7 Å². The maximum absolute atomic E-state index is 12.2. The molecule has 138 valence electrons. The topological polar surface area (TPSA) is 67.4 Å². The van der Waals surface area contributed by atoms with E-state index in [1.807, 2.05) is 32.0 Å². The Morgan fingerprint density at radius 2 is 1.58 bits per heavy atom. The van der Waals surface area contributed by atoms with Crippen LogP contribution in [-0.4, -0.2) is 25.0 Å². The zero-order chi connectivity index (χ0) is 18.9. The SMILES string of the molecule is CCc1cccc(CC)c1NC(=O)CNC(=O)COc1ccc(Cl)cc1. The fraction of sp³-hybridized carbons (Fsp3) is 0.300. The Bertz CT molecular complexity index is 738. The molecule has 5 nitrogen and oxygen atoms in total. The van der Waals surface area contributed by atoms with Crippen molar-refractivity contribution in [1.82, 2.24) is 5.32 Å². The molecule has 0 atom stereocenters. The van der Waals surface area contributed by atoms with E-state index in [0.29, 0.717) is 10.8 Å². The smallest absolute Gasteiger partial charge is 0.258 e. The van der Waals surface area contributed by atoms with Gasteiger partial charge in [-0.15, -0.1) is 0 Å². The van der Waals surface area contributed by atoms with E-state index in [4.69, 9.17) is 16.3 Å². The monoisotopic (exact) mass is 374 g/mol. The van der Waals surface area contributed by atoms with Gasteiger partial charge >= 0.3 is 0 Å². The summed E-state index contributed by atoms with van der Waals surface area (Å²) in [5.41, 5.74) is 3.00. The Hall–Kier alpha value is -2.53. The number of rotatable bonds is 8. The molecule has 0 radical (unpaired) electrons. The predicted molar refractivity (Wildman–Crippen MR) is 104 cm³/mol. The maximum atomic E-state index is 12.2. The Morgan fingerprint density at radius 3 is 2.15 bits per heavy atom. The number of hydrogen-bond acceptors (Lipinski definition) is 3. The van der Waals surface area contributed by atoms with Gasteiger partial charge in [0.2, 0.25) is 5.91 Å². The van der Waals surface area contributed by atoms with Gasteiger partial charge in [0.15, 0.2) is 6.61 Å². The van der Waals surface area contributed by atoms with Crippen LogP contribution in [0, 0.1) is 0 Å². The van der Waals surface area contributed by atoms with Gasteiger partial charge in [0.05, 0.1) is 6.54 Å². The number of benzene rings is 2. The van der Waals surface area contributed by atoms with Crippen molar-refractivity contribution < 1.29 is 14.3 Å². The number of halogens is 1. The largest absolute Gasteiger partial charge is 0.484 e. The lowest BCUT2D eigenvalue weighted by molar-refractivity contribution is -0.125. The summed E-state index contributed by atoms with van der Waals surface area (Å²) in [5, 5.41) is 6.06. The van der Waals surface area contributed by atoms with E-state index in [1.54, 1.807) is 24.3 Å². The summed E-state index contributed by atoms with van der Waals surface area (Å²) in [6.45, 7) is 3.81. The number of para-hydroxylation sites is 1. The minimum atomic E-state index is -0.366. The Kier molecular flexibility index (Phi) is 7.48. The molecule has 0 aromatic heterocycles. The standard InChI is InChI=1S/C20H23ClN2O3/c1-3-14-6-5-7-15(4-2)20(14)23-18(24)12-22-19(25)13-26-17-10-8-16(21)9-11-17/h5-11H,3-4,12-13H2,1-2H3,(H,22,25)(H,23,24). The number of carbonyl (C=O) groups excluding carboxylic acids is 2. The summed E-state index contributed by atoms with van der Waals surface area (Å²) in [6, 6.07) is 12.7. The van der Waals surface area contributed by atoms with Crippen molar-refractivity contribution >= 4 is 29.1 Å². The molecule has 2 amide bonds. The highest BCUT2D eigenvalue weighted by atomic mass is 35.5. The lowest BCUT2D eigenvalue weighted by Crippen LogP contribution is -2.36. The molecule has 2 aromatic rings. The highest BCUT2D eigenvalue weighted by Gasteiger charge is 2.11. The second-order valence-corrected chi connectivity index (χ2v) is 6.16. The van der Waals surface area contributed by atoms with Crippen LogP contribution in [0.3, 0.4) is 0 Å². The maximum Gasteiger partial charge on any atom is 0.258 e. The van der Waals surface area contributed by atoms with E-state index in [1.165, 1.54) is 0 Å². The van der Waals surface area contributed by atoms with Gasteiger partial charge in [-0.3, -0.25) is 9.59 Å². The quantitative estimate of drug-likeness (QED) is 0.741. The van der Waals surface area contributed by atoms with E-state index in [-0.39, 0.29) is 25.0 Å². The molecule has 0 spiro atoms. The summed E-state index contributed by atoms with van der Waals surface area (Å²) >= 11 is 5.79. The van der Waals surface area contributed by atoms with Crippen molar-refractivity contribution in [2.24, 2.45) is 0 Å². The molecule has 0 saturated heterocycles. The number of ether oxygens (including phenoxy) is 1. The number of hydrogen-bond donors (Lipinski definition) is 2. The van der Waals surface area contributed by atoms with E-state index in [9.17, 15) is 9.59 Å². The Morgan fingerprint density at radius 1 is 0.962 bits per heavy atom. The van der Waals surface area contributed by atoms with Crippen molar-refractivity contribution in [3.05, 3.63) is 58.6 Å². The third-order valence-corrected chi connectivity index (χ3v) is 4.14. The molecule has 2 aromatic carbocycles. The van der Waals surface area contributed by atoms with Gasteiger partial charge in [0.25, 0.3) is 5.91 Å². The summed E-state index contributed by atoms with van der Waals surface area (Å²) in [6.07, 6.45) is 1.65. The highest BCUT2D eigenvalue weighted by Crippen LogP contribution is 2.22.